The van der Waals surface area contributed by atoms with Crippen LogP contribution in [0.4, 0.5) is 4.39 Å². The summed E-state index contributed by atoms with van der Waals surface area (Å²) in [5.41, 5.74) is 1.46. The van der Waals surface area contributed by atoms with Gasteiger partial charge >= 0.3 is 0 Å². The average molecular weight is 522 g/mol. The van der Waals surface area contributed by atoms with Crippen LogP contribution < -0.4 is 10.6 Å². The summed E-state index contributed by atoms with van der Waals surface area (Å²) in [4.78, 5) is 37.7. The maximum atomic E-state index is 13.3. The molecule has 192 valence electrons. The Morgan fingerprint density at radius 1 is 1.05 bits per heavy atom. The molecule has 0 radical (unpaired) electrons. The molecule has 37 heavy (non-hydrogen) atoms. The number of carbonyl (C=O) groups is 2. The first-order valence-corrected chi connectivity index (χ1v) is 12.7. The van der Waals surface area contributed by atoms with Gasteiger partial charge in [0.15, 0.2) is 11.4 Å². The number of benzene rings is 1. The summed E-state index contributed by atoms with van der Waals surface area (Å²) in [6.45, 7) is 1.47. The molecule has 0 fully saturated rings. The minimum atomic E-state index is -0.581. The van der Waals surface area contributed by atoms with Crippen molar-refractivity contribution in [2.75, 3.05) is 27.2 Å². The van der Waals surface area contributed by atoms with Crippen molar-refractivity contribution in [3.05, 3.63) is 87.3 Å². The van der Waals surface area contributed by atoms with Crippen LogP contribution in [0.25, 0.3) is 10.9 Å². The molecule has 3 heterocycles. The van der Waals surface area contributed by atoms with E-state index in [1.165, 1.54) is 23.5 Å². The highest BCUT2D eigenvalue weighted by Crippen LogP contribution is 2.29. The van der Waals surface area contributed by atoms with Crippen LogP contribution in [0.2, 0.25) is 0 Å². The molecule has 0 saturated heterocycles. The number of fused-ring (bicyclic) bond motifs is 1. The lowest BCUT2D eigenvalue weighted by Crippen LogP contribution is -2.29. The molecule has 0 atom stereocenters. The second-order valence-corrected chi connectivity index (χ2v) is 9.91. The first-order valence-electron chi connectivity index (χ1n) is 11.8. The summed E-state index contributed by atoms with van der Waals surface area (Å²) in [6.07, 6.45) is 2.72. The molecule has 0 aliphatic carbocycles. The Morgan fingerprint density at radius 2 is 1.81 bits per heavy atom. The Labute approximate surface area is 218 Å². The van der Waals surface area contributed by atoms with E-state index < -0.39 is 11.8 Å². The molecule has 0 spiro atoms. The van der Waals surface area contributed by atoms with Crippen molar-refractivity contribution in [3.63, 3.8) is 0 Å². The van der Waals surface area contributed by atoms with E-state index in [2.05, 4.69) is 20.6 Å². The van der Waals surface area contributed by atoms with Gasteiger partial charge in [0, 0.05) is 23.0 Å². The third-order valence-electron chi connectivity index (χ3n) is 5.69. The zero-order valence-electron chi connectivity index (χ0n) is 20.6. The molecule has 0 aliphatic rings. The van der Waals surface area contributed by atoms with Crippen LogP contribution in [0, 0.1) is 5.82 Å². The van der Waals surface area contributed by atoms with Crippen molar-refractivity contribution < 1.29 is 19.1 Å². The minimum absolute atomic E-state index is 0.00347. The Balaban J connectivity index is 1.67. The highest BCUT2D eigenvalue weighted by molar-refractivity contribution is 7.09. The molecular weight excluding hydrogens is 493 g/mol. The van der Waals surface area contributed by atoms with Crippen molar-refractivity contribution in [1.82, 2.24) is 25.5 Å². The SMILES string of the molecule is CN(C)CCCNC(=O)c1nc(C(=O)NCc2cccs2)c2cc(Cc3ccc(F)cc3)cnc2c1O. The van der Waals surface area contributed by atoms with Gasteiger partial charge in [0.1, 0.15) is 17.0 Å². The quantitative estimate of drug-likeness (QED) is 0.275. The van der Waals surface area contributed by atoms with Crippen molar-refractivity contribution in [3.8, 4) is 5.75 Å². The lowest BCUT2D eigenvalue weighted by atomic mass is 10.0. The lowest BCUT2D eigenvalue weighted by molar-refractivity contribution is 0.0942. The molecule has 4 rings (SSSR count). The summed E-state index contributed by atoms with van der Waals surface area (Å²) < 4.78 is 13.3. The summed E-state index contributed by atoms with van der Waals surface area (Å²) in [6, 6.07) is 11.6. The predicted molar refractivity (Wildman–Crippen MR) is 141 cm³/mol. The summed E-state index contributed by atoms with van der Waals surface area (Å²) in [7, 11) is 3.88. The molecule has 0 aliphatic heterocycles. The highest BCUT2D eigenvalue weighted by atomic mass is 32.1. The molecule has 0 unspecified atom stereocenters. The largest absolute Gasteiger partial charge is 0.504 e. The summed E-state index contributed by atoms with van der Waals surface area (Å²) in [5, 5.41) is 18.7. The molecule has 3 N–H and O–H groups in total. The fraction of sp³-hybridized carbons (Fsp3) is 0.259. The van der Waals surface area contributed by atoms with E-state index in [1.54, 1.807) is 24.4 Å². The first-order chi connectivity index (χ1) is 17.8. The maximum Gasteiger partial charge on any atom is 0.273 e. The van der Waals surface area contributed by atoms with E-state index in [4.69, 9.17) is 0 Å². The lowest BCUT2D eigenvalue weighted by Gasteiger charge is -2.14. The Morgan fingerprint density at radius 3 is 2.51 bits per heavy atom. The molecule has 2 amide bonds. The zero-order valence-corrected chi connectivity index (χ0v) is 21.4. The van der Waals surface area contributed by atoms with Crippen molar-refractivity contribution in [1.29, 1.82) is 0 Å². The van der Waals surface area contributed by atoms with Gasteiger partial charge in [-0.05, 0) is 74.3 Å². The second kappa shape index (κ2) is 11.9. The maximum absolute atomic E-state index is 13.3. The molecule has 0 saturated carbocycles. The number of nitrogens with zero attached hydrogens (tertiary/aromatic N) is 3. The van der Waals surface area contributed by atoms with Gasteiger partial charge in [-0.3, -0.25) is 14.6 Å². The smallest absolute Gasteiger partial charge is 0.273 e. The number of aromatic nitrogens is 2. The van der Waals surface area contributed by atoms with Gasteiger partial charge in [0.25, 0.3) is 11.8 Å². The minimum Gasteiger partial charge on any atom is -0.504 e. The van der Waals surface area contributed by atoms with Gasteiger partial charge < -0.3 is 20.6 Å². The van der Waals surface area contributed by atoms with Crippen LogP contribution in [0.1, 0.15) is 43.4 Å². The Bertz CT molecular complexity index is 1390. The molecule has 1 aromatic carbocycles. The predicted octanol–water partition coefficient (Wildman–Crippen LogP) is 3.74. The number of hydrogen-bond donors (Lipinski definition) is 3. The number of thiophene rings is 1. The van der Waals surface area contributed by atoms with E-state index in [-0.39, 0.29) is 28.5 Å². The Kier molecular flexibility index (Phi) is 8.42. The van der Waals surface area contributed by atoms with E-state index in [0.717, 1.165) is 22.5 Å². The van der Waals surface area contributed by atoms with Crippen LogP contribution in [-0.4, -0.2) is 59.0 Å². The monoisotopic (exact) mass is 521 g/mol. The van der Waals surface area contributed by atoms with E-state index in [0.29, 0.717) is 31.3 Å². The van der Waals surface area contributed by atoms with Crippen LogP contribution in [0.3, 0.4) is 0 Å². The zero-order chi connectivity index (χ0) is 26.4. The van der Waals surface area contributed by atoms with Crippen LogP contribution in [-0.2, 0) is 13.0 Å². The van der Waals surface area contributed by atoms with Crippen LogP contribution in [0.15, 0.2) is 54.0 Å². The van der Waals surface area contributed by atoms with Gasteiger partial charge in [-0.25, -0.2) is 9.37 Å². The number of nitrogens with one attached hydrogen (secondary N) is 2. The summed E-state index contributed by atoms with van der Waals surface area (Å²) in [5.74, 6) is -1.78. The van der Waals surface area contributed by atoms with Crippen molar-refractivity contribution in [2.24, 2.45) is 0 Å². The van der Waals surface area contributed by atoms with Gasteiger partial charge in [-0.2, -0.15) is 0 Å². The number of pyridine rings is 2. The number of carbonyl (C=O) groups excluding carboxylic acids is 2. The number of hydrogen-bond acceptors (Lipinski definition) is 7. The normalized spacial score (nSPS) is 11.1. The van der Waals surface area contributed by atoms with Crippen LogP contribution in [0.5, 0.6) is 5.75 Å². The van der Waals surface area contributed by atoms with Gasteiger partial charge in [0.2, 0.25) is 0 Å². The number of halogens is 1. The molecule has 3 aromatic heterocycles. The number of amides is 2. The van der Waals surface area contributed by atoms with Gasteiger partial charge in [-0.1, -0.05) is 18.2 Å². The van der Waals surface area contributed by atoms with E-state index in [9.17, 15) is 19.1 Å². The molecule has 10 heteroatoms. The molecule has 0 bridgehead atoms. The van der Waals surface area contributed by atoms with E-state index in [1.807, 2.05) is 36.5 Å². The number of aromatic hydroxyl groups is 1. The van der Waals surface area contributed by atoms with Gasteiger partial charge in [-0.15, -0.1) is 11.3 Å². The standard InChI is InChI=1S/C27H28FN5O3S/c1-33(2)11-4-10-29-27(36)24-25(34)22-21(23(32-24)26(35)31-16-20-5-3-12-37-20)14-18(15-30-22)13-17-6-8-19(28)9-7-17/h3,5-9,12,14-15,34H,4,10-11,13,16H2,1-2H3,(H,29,36)(H,31,35). The van der Waals surface area contributed by atoms with E-state index >= 15 is 0 Å². The fourth-order valence-electron chi connectivity index (χ4n) is 3.83. The Hall–Kier alpha value is -3.89. The van der Waals surface area contributed by atoms with Gasteiger partial charge in [0.05, 0.1) is 6.54 Å². The summed E-state index contributed by atoms with van der Waals surface area (Å²) >= 11 is 1.51. The highest BCUT2D eigenvalue weighted by Gasteiger charge is 2.23. The third-order valence-corrected chi connectivity index (χ3v) is 6.57. The van der Waals surface area contributed by atoms with Crippen molar-refractivity contribution in [2.45, 2.75) is 19.4 Å². The fourth-order valence-corrected chi connectivity index (χ4v) is 4.47. The van der Waals surface area contributed by atoms with Crippen LogP contribution >= 0.6 is 11.3 Å². The molecule has 8 nitrogen and oxygen atoms in total. The third kappa shape index (κ3) is 6.66. The first kappa shape index (κ1) is 26.2. The topological polar surface area (TPSA) is 107 Å². The molecule has 4 aromatic rings. The average Bonchev–Trinajstić information content (AvgIpc) is 3.40. The number of rotatable bonds is 10. The van der Waals surface area contributed by atoms with Crippen molar-refractivity contribution >= 4 is 34.1 Å². The molecular formula is C27H28FN5O3S. The second-order valence-electron chi connectivity index (χ2n) is 8.88.